The highest BCUT2D eigenvalue weighted by Crippen LogP contribution is 2.39. The Kier molecular flexibility index (Phi) is 6.18. The molecule has 1 aromatic heterocycles. The first-order valence-corrected chi connectivity index (χ1v) is 14.6. The molecule has 3 heteroatoms. The number of hydrogen-bond donors (Lipinski definition) is 0. The van der Waals surface area contributed by atoms with Crippen molar-refractivity contribution in [2.45, 2.75) is 0 Å². The Hall–Kier alpha value is -6.11. The average molecular weight is 560 g/mol. The van der Waals surface area contributed by atoms with E-state index < -0.39 is 0 Å². The van der Waals surface area contributed by atoms with Crippen molar-refractivity contribution in [1.29, 1.82) is 5.26 Å². The van der Waals surface area contributed by atoms with Crippen LogP contribution in [0, 0.1) is 11.3 Å². The monoisotopic (exact) mass is 559 g/mol. The van der Waals surface area contributed by atoms with E-state index in [1.807, 2.05) is 36.4 Å². The molecule has 0 aliphatic rings. The Balaban J connectivity index is 1.39. The van der Waals surface area contributed by atoms with Crippen LogP contribution in [0.3, 0.4) is 0 Å². The molecule has 0 aliphatic carbocycles. The molecule has 0 amide bonds. The van der Waals surface area contributed by atoms with Crippen LogP contribution in [-0.2, 0) is 0 Å². The second kappa shape index (κ2) is 10.6. The topological polar surface area (TPSA) is 49.6 Å². The fraction of sp³-hybridized carbons (Fsp3) is 0. The molecular weight excluding hydrogens is 534 g/mol. The highest BCUT2D eigenvalue weighted by molar-refractivity contribution is 6.19. The molecule has 1 heterocycles. The molecule has 0 fully saturated rings. The molecule has 0 atom stereocenters. The zero-order valence-corrected chi connectivity index (χ0v) is 23.8. The lowest BCUT2D eigenvalue weighted by atomic mass is 9.92. The van der Waals surface area contributed by atoms with Crippen LogP contribution in [0.25, 0.3) is 77.3 Å². The number of rotatable bonds is 4. The van der Waals surface area contributed by atoms with Gasteiger partial charge >= 0.3 is 0 Å². The number of nitrogens with zero attached hydrogens (tertiary/aromatic N) is 3. The molecule has 0 saturated heterocycles. The third kappa shape index (κ3) is 4.47. The third-order valence-electron chi connectivity index (χ3n) is 8.32. The molecule has 0 aliphatic heterocycles. The first-order chi connectivity index (χ1) is 21.7. The standard InChI is InChI=1S/C41H25N3/c42-26-27-14-16-31(17-15-27)38-25-39(32-20-18-29(19-21-32)28-8-2-1-3-9-28)44-41(43-38)40-35-13-7-5-11-33(35)24-37-34-12-6-4-10-30(34)22-23-36(37)40/h1-25H. The summed E-state index contributed by atoms with van der Waals surface area (Å²) in [5.41, 5.74) is 7.56. The van der Waals surface area contributed by atoms with Crippen LogP contribution >= 0.6 is 0 Å². The fourth-order valence-electron chi connectivity index (χ4n) is 6.10. The van der Waals surface area contributed by atoms with Gasteiger partial charge in [0, 0.05) is 16.7 Å². The van der Waals surface area contributed by atoms with E-state index in [-0.39, 0.29) is 0 Å². The van der Waals surface area contributed by atoms with Crippen LogP contribution < -0.4 is 0 Å². The van der Waals surface area contributed by atoms with Crippen molar-refractivity contribution in [2.24, 2.45) is 0 Å². The third-order valence-corrected chi connectivity index (χ3v) is 8.32. The van der Waals surface area contributed by atoms with Gasteiger partial charge in [-0.1, -0.05) is 127 Å². The van der Waals surface area contributed by atoms with Crippen LogP contribution in [0.5, 0.6) is 0 Å². The Morgan fingerprint density at radius 2 is 0.977 bits per heavy atom. The van der Waals surface area contributed by atoms with Crippen molar-refractivity contribution >= 4 is 32.3 Å². The first kappa shape index (κ1) is 25.6. The van der Waals surface area contributed by atoms with Crippen molar-refractivity contribution < 1.29 is 0 Å². The quantitative estimate of drug-likeness (QED) is 0.159. The van der Waals surface area contributed by atoms with Crippen LogP contribution in [-0.4, -0.2) is 9.97 Å². The molecule has 0 N–H and O–H groups in total. The number of aromatic nitrogens is 2. The summed E-state index contributed by atoms with van der Waals surface area (Å²) in [4.78, 5) is 10.5. The summed E-state index contributed by atoms with van der Waals surface area (Å²) in [6.45, 7) is 0. The molecule has 0 saturated carbocycles. The highest BCUT2D eigenvalue weighted by atomic mass is 14.9. The van der Waals surface area contributed by atoms with Gasteiger partial charge < -0.3 is 0 Å². The maximum atomic E-state index is 9.39. The maximum absolute atomic E-state index is 9.39. The van der Waals surface area contributed by atoms with Gasteiger partial charge in [0.2, 0.25) is 0 Å². The van der Waals surface area contributed by atoms with Gasteiger partial charge in [0.25, 0.3) is 0 Å². The molecule has 0 unspecified atom stereocenters. The summed E-state index contributed by atoms with van der Waals surface area (Å²) < 4.78 is 0. The smallest absolute Gasteiger partial charge is 0.161 e. The van der Waals surface area contributed by atoms with Gasteiger partial charge in [0.1, 0.15) is 0 Å². The zero-order chi connectivity index (χ0) is 29.5. The summed E-state index contributed by atoms with van der Waals surface area (Å²) in [7, 11) is 0. The van der Waals surface area contributed by atoms with E-state index in [1.54, 1.807) is 0 Å². The molecule has 8 aromatic rings. The largest absolute Gasteiger partial charge is 0.228 e. The lowest BCUT2D eigenvalue weighted by Gasteiger charge is -2.15. The van der Waals surface area contributed by atoms with E-state index in [1.165, 1.54) is 21.7 Å². The van der Waals surface area contributed by atoms with Crippen LogP contribution in [0.1, 0.15) is 5.56 Å². The summed E-state index contributed by atoms with van der Waals surface area (Å²) in [6, 6.07) is 54.5. The lowest BCUT2D eigenvalue weighted by molar-refractivity contribution is 1.19. The van der Waals surface area contributed by atoms with Crippen molar-refractivity contribution in [2.75, 3.05) is 0 Å². The molecular formula is C41H25N3. The van der Waals surface area contributed by atoms with Gasteiger partial charge in [-0.25, -0.2) is 9.97 Å². The Bertz CT molecular complexity index is 2370. The minimum Gasteiger partial charge on any atom is -0.228 e. The van der Waals surface area contributed by atoms with Crippen LogP contribution in [0.4, 0.5) is 0 Å². The van der Waals surface area contributed by atoms with E-state index in [2.05, 4.69) is 121 Å². The van der Waals surface area contributed by atoms with Crippen molar-refractivity contribution in [1.82, 2.24) is 9.97 Å². The number of benzene rings is 7. The number of fused-ring (bicyclic) bond motifs is 4. The minimum atomic E-state index is 0.617. The normalized spacial score (nSPS) is 11.2. The first-order valence-electron chi connectivity index (χ1n) is 14.6. The lowest BCUT2D eigenvalue weighted by Crippen LogP contribution is -1.98. The second-order valence-corrected chi connectivity index (χ2v) is 10.9. The molecule has 3 nitrogen and oxygen atoms in total. The van der Waals surface area contributed by atoms with Crippen molar-refractivity contribution in [3.63, 3.8) is 0 Å². The average Bonchev–Trinajstić information content (AvgIpc) is 3.11. The van der Waals surface area contributed by atoms with E-state index in [4.69, 9.17) is 9.97 Å². The van der Waals surface area contributed by atoms with Crippen molar-refractivity contribution in [3.05, 3.63) is 157 Å². The Morgan fingerprint density at radius 1 is 0.409 bits per heavy atom. The van der Waals surface area contributed by atoms with Gasteiger partial charge in [-0.05, 0) is 67.7 Å². The van der Waals surface area contributed by atoms with E-state index >= 15 is 0 Å². The SMILES string of the molecule is N#Cc1ccc(-c2cc(-c3ccc(-c4ccccc4)cc3)nc(-c3c4ccccc4cc4c3ccc3ccccc34)n2)cc1. The summed E-state index contributed by atoms with van der Waals surface area (Å²) in [5, 5.41) is 16.3. The number of nitriles is 1. The van der Waals surface area contributed by atoms with Gasteiger partial charge in [0.15, 0.2) is 5.82 Å². The maximum Gasteiger partial charge on any atom is 0.161 e. The van der Waals surface area contributed by atoms with Gasteiger partial charge in [-0.3, -0.25) is 0 Å². The Labute approximate surface area is 255 Å². The molecule has 204 valence electrons. The van der Waals surface area contributed by atoms with Crippen molar-refractivity contribution in [3.8, 4) is 51.1 Å². The van der Waals surface area contributed by atoms with E-state index in [0.29, 0.717) is 11.4 Å². The summed E-state index contributed by atoms with van der Waals surface area (Å²) >= 11 is 0. The fourth-order valence-corrected chi connectivity index (χ4v) is 6.10. The molecule has 0 radical (unpaired) electrons. The summed E-state index contributed by atoms with van der Waals surface area (Å²) in [5.74, 6) is 0.672. The Morgan fingerprint density at radius 3 is 1.68 bits per heavy atom. The molecule has 0 bridgehead atoms. The minimum absolute atomic E-state index is 0.617. The molecule has 7 aromatic carbocycles. The predicted octanol–water partition coefficient (Wildman–Crippen LogP) is 10.5. The van der Waals surface area contributed by atoms with Gasteiger partial charge in [-0.15, -0.1) is 0 Å². The van der Waals surface area contributed by atoms with E-state index in [9.17, 15) is 5.26 Å². The van der Waals surface area contributed by atoms with Crippen LogP contribution in [0.15, 0.2) is 152 Å². The molecule has 0 spiro atoms. The predicted molar refractivity (Wildman–Crippen MR) is 181 cm³/mol. The second-order valence-electron chi connectivity index (χ2n) is 10.9. The van der Waals surface area contributed by atoms with Gasteiger partial charge in [0.05, 0.1) is 23.0 Å². The van der Waals surface area contributed by atoms with Crippen LogP contribution in [0.2, 0.25) is 0 Å². The molecule has 44 heavy (non-hydrogen) atoms. The summed E-state index contributed by atoms with van der Waals surface area (Å²) in [6.07, 6.45) is 0. The van der Waals surface area contributed by atoms with Gasteiger partial charge in [-0.2, -0.15) is 5.26 Å². The zero-order valence-electron chi connectivity index (χ0n) is 23.8. The number of hydrogen-bond acceptors (Lipinski definition) is 3. The van der Waals surface area contributed by atoms with E-state index in [0.717, 1.165) is 49.8 Å². The highest BCUT2D eigenvalue weighted by Gasteiger charge is 2.17. The molecule has 8 rings (SSSR count).